The summed E-state index contributed by atoms with van der Waals surface area (Å²) in [5, 5.41) is 0. The van der Waals surface area contributed by atoms with Crippen LogP contribution in [-0.4, -0.2) is 38.0 Å². The molecule has 20 heavy (non-hydrogen) atoms. The van der Waals surface area contributed by atoms with Gasteiger partial charge in [0.1, 0.15) is 0 Å². The topological polar surface area (TPSA) is 72.6 Å². The molecule has 2 rings (SSSR count). The number of hydrogen-bond acceptors (Lipinski definition) is 4. The van der Waals surface area contributed by atoms with Gasteiger partial charge in [-0.3, -0.25) is 0 Å². The number of rotatable bonds is 2. The fourth-order valence-electron chi connectivity index (χ4n) is 2.33. The molecule has 0 unspecified atom stereocenters. The third kappa shape index (κ3) is 2.82. The maximum Gasteiger partial charge on any atom is 0.243 e. The van der Waals surface area contributed by atoms with Gasteiger partial charge < -0.3 is 10.5 Å². The van der Waals surface area contributed by atoms with Crippen LogP contribution in [0.2, 0.25) is 0 Å². The maximum absolute atomic E-state index is 12.7. The Morgan fingerprint density at radius 1 is 1.30 bits per heavy atom. The van der Waals surface area contributed by atoms with Crippen molar-refractivity contribution in [2.45, 2.75) is 38.2 Å². The van der Waals surface area contributed by atoms with Crippen LogP contribution in [-0.2, 0) is 14.8 Å². The molecule has 0 aromatic heterocycles. The highest BCUT2D eigenvalue weighted by Gasteiger charge is 2.35. The molecule has 1 aliphatic rings. The van der Waals surface area contributed by atoms with E-state index in [0.29, 0.717) is 25.4 Å². The molecule has 0 radical (unpaired) electrons. The van der Waals surface area contributed by atoms with Crippen molar-refractivity contribution in [3.05, 3.63) is 23.3 Å². The van der Waals surface area contributed by atoms with E-state index in [1.54, 1.807) is 12.1 Å². The monoisotopic (exact) mass is 298 g/mol. The first-order chi connectivity index (χ1) is 9.13. The SMILES string of the molecule is Cc1cc(S(=O)(=O)N2CCOC(C)(C)C2)cc(N)c1C. The van der Waals surface area contributed by atoms with Crippen LogP contribution in [0.1, 0.15) is 25.0 Å². The summed E-state index contributed by atoms with van der Waals surface area (Å²) in [6.07, 6.45) is 0. The molecule has 1 fully saturated rings. The number of sulfonamides is 1. The molecule has 0 bridgehead atoms. The molecule has 1 aromatic rings. The number of aryl methyl sites for hydroxylation is 1. The van der Waals surface area contributed by atoms with Gasteiger partial charge in [0.2, 0.25) is 10.0 Å². The van der Waals surface area contributed by atoms with Crippen molar-refractivity contribution in [2.75, 3.05) is 25.4 Å². The zero-order chi connectivity index (χ0) is 15.1. The van der Waals surface area contributed by atoms with Crippen LogP contribution in [0.25, 0.3) is 0 Å². The predicted octanol–water partition coefficient (Wildman–Crippen LogP) is 1.69. The molecule has 1 aliphatic heterocycles. The Labute approximate surface area is 120 Å². The van der Waals surface area contributed by atoms with Crippen LogP contribution in [0.4, 0.5) is 5.69 Å². The summed E-state index contributed by atoms with van der Waals surface area (Å²) in [5.41, 5.74) is 7.75. The predicted molar refractivity (Wildman–Crippen MR) is 79.1 cm³/mol. The fraction of sp³-hybridized carbons (Fsp3) is 0.571. The van der Waals surface area contributed by atoms with Crippen LogP contribution in [0.3, 0.4) is 0 Å². The van der Waals surface area contributed by atoms with E-state index in [1.165, 1.54) is 4.31 Å². The Kier molecular flexibility index (Phi) is 3.83. The normalized spacial score (nSPS) is 20.0. The zero-order valence-corrected chi connectivity index (χ0v) is 13.3. The van der Waals surface area contributed by atoms with Gasteiger partial charge in [-0.1, -0.05) is 0 Å². The Balaban J connectivity index is 2.40. The number of anilines is 1. The van der Waals surface area contributed by atoms with Gasteiger partial charge in [0.25, 0.3) is 0 Å². The molecule has 0 saturated carbocycles. The molecule has 0 amide bonds. The van der Waals surface area contributed by atoms with Crippen LogP contribution >= 0.6 is 0 Å². The smallest absolute Gasteiger partial charge is 0.243 e. The molecule has 0 spiro atoms. The van der Waals surface area contributed by atoms with Crippen LogP contribution in [0.5, 0.6) is 0 Å². The lowest BCUT2D eigenvalue weighted by Gasteiger charge is -2.37. The van der Waals surface area contributed by atoms with Crippen molar-refractivity contribution < 1.29 is 13.2 Å². The number of nitrogens with two attached hydrogens (primary N) is 1. The van der Waals surface area contributed by atoms with Gasteiger partial charge in [-0.25, -0.2) is 8.42 Å². The Bertz CT molecular complexity index is 600. The third-order valence-corrected chi connectivity index (χ3v) is 5.53. The van der Waals surface area contributed by atoms with Gasteiger partial charge in [0.05, 0.1) is 17.1 Å². The molecule has 6 heteroatoms. The number of nitrogens with zero attached hydrogens (tertiary/aromatic N) is 1. The van der Waals surface area contributed by atoms with Gasteiger partial charge >= 0.3 is 0 Å². The average Bonchev–Trinajstić information content (AvgIpc) is 2.34. The highest BCUT2D eigenvalue weighted by atomic mass is 32.2. The van der Waals surface area contributed by atoms with Gasteiger partial charge in [-0.15, -0.1) is 0 Å². The van der Waals surface area contributed by atoms with Gasteiger partial charge in [-0.05, 0) is 51.0 Å². The highest BCUT2D eigenvalue weighted by Crippen LogP contribution is 2.27. The lowest BCUT2D eigenvalue weighted by atomic mass is 10.1. The molecular weight excluding hydrogens is 276 g/mol. The van der Waals surface area contributed by atoms with Crippen LogP contribution in [0.15, 0.2) is 17.0 Å². The van der Waals surface area contributed by atoms with Crippen molar-refractivity contribution in [3.63, 3.8) is 0 Å². The van der Waals surface area contributed by atoms with Gasteiger partial charge in [0, 0.05) is 18.8 Å². The Morgan fingerprint density at radius 2 is 1.95 bits per heavy atom. The van der Waals surface area contributed by atoms with E-state index in [-0.39, 0.29) is 4.90 Å². The minimum absolute atomic E-state index is 0.260. The largest absolute Gasteiger partial charge is 0.398 e. The second-order valence-electron chi connectivity index (χ2n) is 5.90. The molecule has 2 N–H and O–H groups in total. The van der Waals surface area contributed by atoms with Crippen molar-refractivity contribution in [3.8, 4) is 0 Å². The molecule has 5 nitrogen and oxygen atoms in total. The second kappa shape index (κ2) is 5.02. The summed E-state index contributed by atoms with van der Waals surface area (Å²) in [4.78, 5) is 0.260. The molecule has 112 valence electrons. The first-order valence-electron chi connectivity index (χ1n) is 6.64. The molecular formula is C14H22N2O3S. The van der Waals surface area contributed by atoms with Gasteiger partial charge in [0.15, 0.2) is 0 Å². The quantitative estimate of drug-likeness (QED) is 0.843. The zero-order valence-electron chi connectivity index (χ0n) is 12.4. The van der Waals surface area contributed by atoms with E-state index in [4.69, 9.17) is 10.5 Å². The summed E-state index contributed by atoms with van der Waals surface area (Å²) in [6, 6.07) is 3.23. The van der Waals surface area contributed by atoms with Gasteiger partial charge in [-0.2, -0.15) is 4.31 Å². The maximum atomic E-state index is 12.7. The summed E-state index contributed by atoms with van der Waals surface area (Å²) >= 11 is 0. The highest BCUT2D eigenvalue weighted by molar-refractivity contribution is 7.89. The first-order valence-corrected chi connectivity index (χ1v) is 8.08. The third-order valence-electron chi connectivity index (χ3n) is 3.71. The van der Waals surface area contributed by atoms with Crippen molar-refractivity contribution >= 4 is 15.7 Å². The van der Waals surface area contributed by atoms with E-state index < -0.39 is 15.6 Å². The first kappa shape index (κ1) is 15.3. The number of morpholine rings is 1. The average molecular weight is 298 g/mol. The van der Waals surface area contributed by atoms with E-state index in [2.05, 4.69) is 0 Å². The molecule has 0 atom stereocenters. The molecule has 0 aliphatic carbocycles. The fourth-order valence-corrected chi connectivity index (χ4v) is 4.02. The van der Waals surface area contributed by atoms with Crippen LogP contribution < -0.4 is 5.73 Å². The van der Waals surface area contributed by atoms with E-state index in [0.717, 1.165) is 11.1 Å². The van der Waals surface area contributed by atoms with Crippen molar-refractivity contribution in [2.24, 2.45) is 0 Å². The minimum Gasteiger partial charge on any atom is -0.398 e. The number of hydrogen-bond donors (Lipinski definition) is 1. The standard InChI is InChI=1S/C14H22N2O3S/c1-10-7-12(8-13(15)11(10)2)20(17,18)16-5-6-19-14(3,4)9-16/h7-8H,5-6,9,15H2,1-4H3. The number of benzene rings is 1. The van der Waals surface area contributed by atoms with E-state index >= 15 is 0 Å². The summed E-state index contributed by atoms with van der Waals surface area (Å²) in [5.74, 6) is 0. The van der Waals surface area contributed by atoms with E-state index in [1.807, 2.05) is 27.7 Å². The van der Waals surface area contributed by atoms with E-state index in [9.17, 15) is 8.42 Å². The minimum atomic E-state index is -3.52. The Hall–Kier alpha value is -1.11. The molecule has 1 aromatic carbocycles. The lowest BCUT2D eigenvalue weighted by molar-refractivity contribution is -0.0640. The number of ether oxygens (including phenoxy) is 1. The second-order valence-corrected chi connectivity index (χ2v) is 7.84. The Morgan fingerprint density at radius 3 is 2.50 bits per heavy atom. The van der Waals surface area contributed by atoms with Crippen LogP contribution in [0, 0.1) is 13.8 Å². The molecule has 1 heterocycles. The van der Waals surface area contributed by atoms with Crippen molar-refractivity contribution in [1.29, 1.82) is 0 Å². The summed E-state index contributed by atoms with van der Waals surface area (Å²) in [6.45, 7) is 8.67. The summed E-state index contributed by atoms with van der Waals surface area (Å²) in [7, 11) is -3.52. The number of nitrogen functional groups attached to an aromatic ring is 1. The van der Waals surface area contributed by atoms with Crippen molar-refractivity contribution in [1.82, 2.24) is 4.31 Å². The lowest BCUT2D eigenvalue weighted by Crippen LogP contribution is -2.50. The summed E-state index contributed by atoms with van der Waals surface area (Å²) < 4.78 is 32.4. The molecule has 1 saturated heterocycles.